The first-order valence-electron chi connectivity index (χ1n) is 8.54. The zero-order chi connectivity index (χ0) is 20.4. The minimum Gasteiger partial charge on any atom is -0.497 e. The third-order valence-corrected chi connectivity index (χ3v) is 4.98. The molecule has 10 nitrogen and oxygen atoms in total. The lowest BCUT2D eigenvalue weighted by atomic mass is 9.74. The Kier molecular flexibility index (Phi) is 6.98. The second-order valence-electron chi connectivity index (χ2n) is 6.66. The molecule has 0 saturated carbocycles. The van der Waals surface area contributed by atoms with E-state index < -0.39 is 48.9 Å². The Morgan fingerprint density at radius 2 is 1.93 bits per heavy atom. The molecule has 0 spiro atoms. The summed E-state index contributed by atoms with van der Waals surface area (Å²) in [4.78, 5) is 11.4. The molecule has 0 bridgehead atoms. The molecule has 3 aliphatic heterocycles. The number of rotatable bonds is 2. The van der Waals surface area contributed by atoms with Crippen molar-refractivity contribution in [2.45, 2.75) is 55.8 Å². The maximum Gasteiger partial charge on any atom is 0.340 e. The Morgan fingerprint density at radius 3 is 2.52 bits per heavy atom. The molecule has 2 fully saturated rings. The summed E-state index contributed by atoms with van der Waals surface area (Å²) >= 11 is 0. The number of aliphatic hydroxyl groups excluding tert-OH is 5. The van der Waals surface area contributed by atoms with Crippen LogP contribution in [0.1, 0.15) is 13.3 Å². The Labute approximate surface area is 155 Å². The number of hydrogen-bond donors (Lipinski definition) is 6. The zero-order valence-electron chi connectivity index (χ0n) is 14.8. The van der Waals surface area contributed by atoms with Gasteiger partial charge in [0.05, 0.1) is 19.5 Å². The molecule has 27 heavy (non-hydrogen) atoms. The van der Waals surface area contributed by atoms with Gasteiger partial charge in [-0.25, -0.2) is 4.79 Å². The summed E-state index contributed by atoms with van der Waals surface area (Å²) in [5, 5.41) is 55.1. The smallest absolute Gasteiger partial charge is 0.340 e. The standard InChI is InChI=1S/C11H14O4.C6H12O6/c1-3-8-7(2)15-6-9-10(12)14-5-4-11(8,9)13;7-1-2-3(8)4(9)5(10)6(11)12-2/h3,6-8,13H,1,4-5H2,2H3;2-11H,1H2/t7-,8-,11+;/m0./s1. The molecule has 0 aliphatic carbocycles. The zero-order valence-corrected chi connectivity index (χ0v) is 14.8. The topological polar surface area (TPSA) is 166 Å². The van der Waals surface area contributed by atoms with Gasteiger partial charge in [-0.1, -0.05) is 6.08 Å². The normalized spacial score (nSPS) is 43.9. The van der Waals surface area contributed by atoms with Crippen LogP contribution in [-0.2, 0) is 19.0 Å². The second kappa shape index (κ2) is 8.65. The van der Waals surface area contributed by atoms with Crippen LogP contribution in [0.3, 0.4) is 0 Å². The van der Waals surface area contributed by atoms with Crippen molar-refractivity contribution in [3.05, 3.63) is 24.5 Å². The highest BCUT2D eigenvalue weighted by Gasteiger charge is 2.50. The number of fused-ring (bicyclic) bond motifs is 1. The average Bonchev–Trinajstić information content (AvgIpc) is 2.63. The summed E-state index contributed by atoms with van der Waals surface area (Å²) in [5.41, 5.74) is -0.967. The van der Waals surface area contributed by atoms with Crippen molar-refractivity contribution in [3.63, 3.8) is 0 Å². The predicted molar refractivity (Wildman–Crippen MR) is 88.8 cm³/mol. The Morgan fingerprint density at radius 1 is 1.26 bits per heavy atom. The van der Waals surface area contributed by atoms with Crippen LogP contribution in [0.15, 0.2) is 24.5 Å². The van der Waals surface area contributed by atoms with E-state index in [-0.39, 0.29) is 24.2 Å². The van der Waals surface area contributed by atoms with E-state index in [9.17, 15) is 9.90 Å². The molecule has 6 N–H and O–H groups in total. The first-order chi connectivity index (χ1) is 12.7. The van der Waals surface area contributed by atoms with Crippen LogP contribution >= 0.6 is 0 Å². The molecule has 0 amide bonds. The maximum absolute atomic E-state index is 11.4. The number of ether oxygens (including phenoxy) is 3. The summed E-state index contributed by atoms with van der Waals surface area (Å²) in [5.74, 6) is -0.771. The van der Waals surface area contributed by atoms with Crippen molar-refractivity contribution in [2.75, 3.05) is 13.2 Å². The first kappa shape index (κ1) is 21.8. The van der Waals surface area contributed by atoms with E-state index in [1.807, 2.05) is 6.92 Å². The van der Waals surface area contributed by atoms with Crippen LogP contribution in [0.25, 0.3) is 0 Å². The molecule has 5 unspecified atom stereocenters. The van der Waals surface area contributed by atoms with Gasteiger partial charge in [0.15, 0.2) is 6.29 Å². The fourth-order valence-corrected chi connectivity index (χ4v) is 3.30. The molecular weight excluding hydrogens is 364 g/mol. The van der Waals surface area contributed by atoms with Crippen LogP contribution in [-0.4, -0.2) is 92.2 Å². The van der Waals surface area contributed by atoms with Crippen molar-refractivity contribution >= 4 is 5.97 Å². The van der Waals surface area contributed by atoms with Gasteiger partial charge >= 0.3 is 5.97 Å². The fourth-order valence-electron chi connectivity index (χ4n) is 3.30. The Bertz CT molecular complexity index is 573. The van der Waals surface area contributed by atoms with E-state index in [1.165, 1.54) is 6.26 Å². The van der Waals surface area contributed by atoms with Gasteiger partial charge in [0.1, 0.15) is 41.7 Å². The molecule has 3 heterocycles. The van der Waals surface area contributed by atoms with E-state index in [0.717, 1.165) is 0 Å². The van der Waals surface area contributed by atoms with E-state index >= 15 is 0 Å². The molecule has 3 aliphatic rings. The van der Waals surface area contributed by atoms with Gasteiger partial charge in [0, 0.05) is 12.3 Å². The van der Waals surface area contributed by atoms with Crippen molar-refractivity contribution in [1.29, 1.82) is 0 Å². The quantitative estimate of drug-likeness (QED) is 0.220. The number of esters is 1. The van der Waals surface area contributed by atoms with Gasteiger partial charge in [0.25, 0.3) is 0 Å². The molecular formula is C17H26O10. The average molecular weight is 390 g/mol. The van der Waals surface area contributed by atoms with Crippen molar-refractivity contribution in [2.24, 2.45) is 5.92 Å². The summed E-state index contributed by atoms with van der Waals surface area (Å²) in [6.07, 6.45) is -3.87. The molecule has 2 saturated heterocycles. The molecule has 0 aromatic carbocycles. The number of carbonyl (C=O) groups excluding carboxylic acids is 1. The van der Waals surface area contributed by atoms with Crippen LogP contribution in [0, 0.1) is 5.92 Å². The maximum atomic E-state index is 11.4. The largest absolute Gasteiger partial charge is 0.497 e. The fraction of sp³-hybridized carbons (Fsp3) is 0.706. The molecule has 154 valence electrons. The molecule has 0 aromatic heterocycles. The number of cyclic esters (lactones) is 1. The minimum absolute atomic E-state index is 0.179. The van der Waals surface area contributed by atoms with Crippen LogP contribution < -0.4 is 0 Å². The van der Waals surface area contributed by atoms with E-state index in [4.69, 9.17) is 35.0 Å². The lowest BCUT2D eigenvalue weighted by Gasteiger charge is -2.43. The lowest BCUT2D eigenvalue weighted by molar-refractivity contribution is -0.286. The Balaban J connectivity index is 0.000000199. The predicted octanol–water partition coefficient (Wildman–Crippen LogP) is -2.45. The summed E-state index contributed by atoms with van der Waals surface area (Å²) < 4.78 is 14.7. The van der Waals surface area contributed by atoms with Crippen LogP contribution in [0.4, 0.5) is 0 Å². The van der Waals surface area contributed by atoms with Gasteiger partial charge in [-0.05, 0) is 6.92 Å². The minimum atomic E-state index is -1.57. The van der Waals surface area contributed by atoms with Gasteiger partial charge < -0.3 is 44.8 Å². The highest BCUT2D eigenvalue weighted by atomic mass is 16.6. The van der Waals surface area contributed by atoms with Gasteiger partial charge in [0.2, 0.25) is 0 Å². The third kappa shape index (κ3) is 4.16. The number of carbonyl (C=O) groups is 1. The van der Waals surface area contributed by atoms with Crippen molar-refractivity contribution in [3.8, 4) is 0 Å². The first-order valence-corrected chi connectivity index (χ1v) is 8.54. The summed E-state index contributed by atoms with van der Waals surface area (Å²) in [7, 11) is 0. The van der Waals surface area contributed by atoms with Crippen LogP contribution in [0.2, 0.25) is 0 Å². The number of aliphatic hydroxyl groups is 6. The highest BCUT2D eigenvalue weighted by molar-refractivity contribution is 5.91. The third-order valence-electron chi connectivity index (χ3n) is 4.98. The van der Waals surface area contributed by atoms with E-state index in [1.54, 1.807) is 6.08 Å². The van der Waals surface area contributed by atoms with Gasteiger partial charge in [-0.3, -0.25) is 0 Å². The SMILES string of the molecule is C=C[C@H]1[C@H](C)OC=C2C(=O)OCC[C@]21O.OCC1OC(O)C(O)C(O)C1O. The van der Waals surface area contributed by atoms with Crippen molar-refractivity contribution < 1.29 is 49.6 Å². The molecule has 0 radical (unpaired) electrons. The molecule has 10 heteroatoms. The summed E-state index contributed by atoms with van der Waals surface area (Å²) in [6.45, 7) is 5.24. The van der Waals surface area contributed by atoms with E-state index in [2.05, 4.69) is 11.3 Å². The van der Waals surface area contributed by atoms with Crippen molar-refractivity contribution in [1.82, 2.24) is 0 Å². The van der Waals surface area contributed by atoms with Crippen LogP contribution in [0.5, 0.6) is 0 Å². The molecule has 8 atom stereocenters. The molecule has 0 aromatic rings. The van der Waals surface area contributed by atoms with Gasteiger partial charge in [-0.15, -0.1) is 6.58 Å². The Hall–Kier alpha value is -1.53. The lowest BCUT2D eigenvalue weighted by Crippen LogP contribution is -2.58. The molecule has 3 rings (SSSR count). The number of hydrogen-bond acceptors (Lipinski definition) is 10. The second-order valence-corrected chi connectivity index (χ2v) is 6.66. The van der Waals surface area contributed by atoms with E-state index in [0.29, 0.717) is 6.42 Å². The highest BCUT2D eigenvalue weighted by Crippen LogP contribution is 2.40. The monoisotopic (exact) mass is 390 g/mol. The van der Waals surface area contributed by atoms with Gasteiger partial charge in [-0.2, -0.15) is 0 Å². The summed E-state index contributed by atoms with van der Waals surface area (Å²) in [6, 6.07) is 0.